The zero-order valence-electron chi connectivity index (χ0n) is 4.32. The van der Waals surface area contributed by atoms with Crippen molar-refractivity contribution < 1.29 is 35.3 Å². The van der Waals surface area contributed by atoms with Gasteiger partial charge in [-0.3, -0.25) is 0 Å². The van der Waals surface area contributed by atoms with Crippen LogP contribution in [0.1, 0.15) is 0 Å². The van der Waals surface area contributed by atoms with E-state index >= 15 is 0 Å². The molecule has 0 aromatic heterocycles. The van der Waals surface area contributed by atoms with Gasteiger partial charge in [-0.15, -0.1) is 0 Å². The van der Waals surface area contributed by atoms with Crippen molar-refractivity contribution in [3.63, 3.8) is 0 Å². The summed E-state index contributed by atoms with van der Waals surface area (Å²) in [4.78, 5) is 21.6. The summed E-state index contributed by atoms with van der Waals surface area (Å²) in [6, 6.07) is 0. The van der Waals surface area contributed by atoms with Crippen LogP contribution >= 0.6 is 7.82 Å². The molecule has 0 aromatic carbocycles. The first kappa shape index (κ1) is 23.9. The summed E-state index contributed by atoms with van der Waals surface area (Å²) in [5.74, 6) is 0. The molecule has 0 spiro atoms. The summed E-state index contributed by atoms with van der Waals surface area (Å²) in [7, 11) is -4.64. The van der Waals surface area contributed by atoms with Gasteiger partial charge in [0.25, 0.3) is 0 Å². The Kier molecular flexibility index (Phi) is 19.6. The van der Waals surface area contributed by atoms with Gasteiger partial charge in [0.1, 0.15) is 0 Å². The van der Waals surface area contributed by atoms with E-state index in [4.69, 9.17) is 35.3 Å². The van der Waals surface area contributed by atoms with Crippen molar-refractivity contribution in [1.82, 2.24) is 0 Å². The molecule has 0 saturated heterocycles. The van der Waals surface area contributed by atoms with Crippen LogP contribution in [0.25, 0.3) is 0 Å². The van der Waals surface area contributed by atoms with E-state index in [1.165, 1.54) is 0 Å². The third kappa shape index (κ3) is 294. The minimum atomic E-state index is -5.25. The Balaban J connectivity index is -0.0000000457. The zero-order chi connectivity index (χ0) is 9.00. The fourth-order valence-electron chi connectivity index (χ4n) is 0. The molecular weight excluding hydrogens is 304 g/mol. The van der Waals surface area contributed by atoms with E-state index < -0.39 is 21.2 Å². The minimum absolute atomic E-state index is 0. The van der Waals surface area contributed by atoms with Gasteiger partial charge in [-0.25, -0.2) is 4.57 Å². The predicted molar refractivity (Wildman–Crippen MR) is 42.9 cm³/mol. The maximum absolute atomic E-state index is 8.88. The van der Waals surface area contributed by atoms with Crippen LogP contribution in [0.15, 0.2) is 0 Å². The quantitative estimate of drug-likeness (QED) is 0.222. The first-order valence-electron chi connectivity index (χ1n) is 1.48. The standard InChI is InChI=1S/Al.K.H3O4P.H2O4Se.4H/c;;2*1-5(2,3)4;;;;/h;;(H3,1,2,3,4);(H2,1,2,3,4);;;;. The average molecular weight is 313 g/mol. The topological polar surface area (TPSA) is 152 Å². The van der Waals surface area contributed by atoms with Crippen molar-refractivity contribution in [1.29, 1.82) is 0 Å². The number of hydrogen-bond donors (Lipinski definition) is 5. The van der Waals surface area contributed by atoms with Gasteiger partial charge >= 0.3 is 88.6 Å². The van der Waals surface area contributed by atoms with Gasteiger partial charge in [-0.05, 0) is 0 Å². The Morgan fingerprint density at radius 3 is 1.00 bits per heavy atom. The number of phosphoric acid groups is 1. The maximum atomic E-state index is 8.88. The molecule has 0 aliphatic rings. The molecule has 0 amide bonds. The second-order valence-corrected chi connectivity index (χ2v) is 3.87. The Labute approximate surface area is 123 Å². The van der Waals surface area contributed by atoms with Crippen LogP contribution in [0.2, 0.25) is 0 Å². The van der Waals surface area contributed by atoms with E-state index in [1.807, 2.05) is 0 Å². The second kappa shape index (κ2) is 9.86. The third-order valence-electron chi connectivity index (χ3n) is 0. The SMILES string of the molecule is O=P(O)(O)O.O=[Se](=O)(O)O.[AlH3].[KH]. The van der Waals surface area contributed by atoms with E-state index in [2.05, 4.69) is 0 Å². The summed E-state index contributed by atoms with van der Waals surface area (Å²) >= 11 is -5.25. The van der Waals surface area contributed by atoms with Gasteiger partial charge in [-0.1, -0.05) is 0 Å². The molecule has 5 N–H and O–H groups in total. The van der Waals surface area contributed by atoms with Crippen molar-refractivity contribution in [2.24, 2.45) is 0 Å². The van der Waals surface area contributed by atoms with Gasteiger partial charge in [0.15, 0.2) is 17.4 Å². The van der Waals surface area contributed by atoms with E-state index in [1.54, 1.807) is 0 Å². The van der Waals surface area contributed by atoms with Crippen LogP contribution < -0.4 is 0 Å². The molecule has 0 aliphatic carbocycles. The predicted octanol–water partition coefficient (Wildman–Crippen LogP) is -4.49. The molecule has 0 bridgehead atoms. The Hall–Kier alpha value is 2.32. The van der Waals surface area contributed by atoms with Crippen molar-refractivity contribution in [3.05, 3.63) is 0 Å². The first-order valence-corrected chi connectivity index (χ1v) is 5.98. The van der Waals surface area contributed by atoms with E-state index in [0.29, 0.717) is 0 Å². The van der Waals surface area contributed by atoms with Crippen LogP contribution in [0.5, 0.6) is 0 Å². The van der Waals surface area contributed by atoms with Crippen molar-refractivity contribution in [2.45, 2.75) is 0 Å². The van der Waals surface area contributed by atoms with E-state index in [9.17, 15) is 0 Å². The van der Waals surface area contributed by atoms with Gasteiger partial charge in [0.2, 0.25) is 0 Å². The molecule has 12 heteroatoms. The van der Waals surface area contributed by atoms with Crippen LogP contribution in [0.4, 0.5) is 0 Å². The number of rotatable bonds is 0. The van der Waals surface area contributed by atoms with Gasteiger partial charge < -0.3 is 14.7 Å². The summed E-state index contributed by atoms with van der Waals surface area (Å²) in [5.41, 5.74) is 0. The Morgan fingerprint density at radius 1 is 1.00 bits per heavy atom. The zero-order valence-corrected chi connectivity index (χ0v) is 6.92. The summed E-state index contributed by atoms with van der Waals surface area (Å²) in [6.45, 7) is 0. The summed E-state index contributed by atoms with van der Waals surface area (Å²) < 4.78 is 40.8. The summed E-state index contributed by atoms with van der Waals surface area (Å²) in [6.07, 6.45) is 0. The number of hydrogen-bond acceptors (Lipinski definition) is 3. The molecular formula is H9AlKO8PSe. The molecule has 0 aromatic rings. The molecule has 12 heavy (non-hydrogen) atoms. The van der Waals surface area contributed by atoms with Crippen molar-refractivity contribution in [3.8, 4) is 0 Å². The average Bonchev–Trinajstić information content (AvgIpc) is 1.12. The van der Waals surface area contributed by atoms with Crippen LogP contribution in [-0.4, -0.2) is 105 Å². The van der Waals surface area contributed by atoms with Crippen molar-refractivity contribution in [2.75, 3.05) is 0 Å². The molecule has 0 rings (SSSR count). The first-order chi connectivity index (χ1) is 4.00. The van der Waals surface area contributed by atoms with Gasteiger partial charge in [0.05, 0.1) is 0 Å². The second-order valence-electron chi connectivity index (χ2n) is 0.961. The molecule has 0 unspecified atom stereocenters. The van der Waals surface area contributed by atoms with Crippen LogP contribution in [0, 0.1) is 0 Å². The van der Waals surface area contributed by atoms with Crippen LogP contribution in [0.3, 0.4) is 0 Å². The Morgan fingerprint density at radius 2 is 1.00 bits per heavy atom. The molecule has 0 fully saturated rings. The molecule has 8 nitrogen and oxygen atoms in total. The van der Waals surface area contributed by atoms with E-state index in [-0.39, 0.29) is 68.7 Å². The molecule has 72 valence electrons. The fourth-order valence-corrected chi connectivity index (χ4v) is 0. The molecule has 0 radical (unpaired) electrons. The fraction of sp³-hybridized carbons (Fsp3) is 0. The molecule has 0 saturated carbocycles. The van der Waals surface area contributed by atoms with E-state index in [0.717, 1.165) is 0 Å². The summed E-state index contributed by atoms with van der Waals surface area (Å²) in [5, 5.41) is 0. The Bertz CT molecular complexity index is 197. The van der Waals surface area contributed by atoms with Crippen LogP contribution in [-0.2, 0) is 12.2 Å². The molecule has 0 aliphatic heterocycles. The van der Waals surface area contributed by atoms with Crippen molar-refractivity contribution >= 4 is 89.9 Å². The normalized spacial score (nSPS) is 9.75. The van der Waals surface area contributed by atoms with Gasteiger partial charge in [0, 0.05) is 0 Å². The molecule has 0 atom stereocenters. The third-order valence-corrected chi connectivity index (χ3v) is 0. The van der Waals surface area contributed by atoms with Gasteiger partial charge in [-0.2, -0.15) is 0 Å². The monoisotopic (exact) mass is 314 g/mol. The molecule has 0 heterocycles.